The maximum Gasteiger partial charge on any atom is 0.264 e. The van der Waals surface area contributed by atoms with Gasteiger partial charge in [0.1, 0.15) is 0 Å². The Morgan fingerprint density at radius 1 is 1.03 bits per heavy atom. The Bertz CT molecular complexity index is 1200. The van der Waals surface area contributed by atoms with Gasteiger partial charge in [0.15, 0.2) is 0 Å². The summed E-state index contributed by atoms with van der Waals surface area (Å²) >= 11 is 9.24. The van der Waals surface area contributed by atoms with E-state index >= 15 is 0 Å². The van der Waals surface area contributed by atoms with Gasteiger partial charge in [-0.3, -0.25) is 9.10 Å². The van der Waals surface area contributed by atoms with Gasteiger partial charge in [-0.25, -0.2) is 8.42 Å². The molecule has 0 spiro atoms. The summed E-state index contributed by atoms with van der Waals surface area (Å²) in [5.74, 6) is -0.245. The molecule has 4 rings (SSSR count). The predicted molar refractivity (Wildman–Crippen MR) is 118 cm³/mol. The Morgan fingerprint density at radius 2 is 1.79 bits per heavy atom. The Morgan fingerprint density at radius 3 is 2.52 bits per heavy atom. The fourth-order valence-electron chi connectivity index (χ4n) is 3.27. The van der Waals surface area contributed by atoms with Crippen LogP contribution in [0.2, 0.25) is 5.02 Å². The molecule has 3 aromatic carbocycles. The maximum absolute atomic E-state index is 13.0. The van der Waals surface area contributed by atoms with Gasteiger partial charge in [0.25, 0.3) is 15.9 Å². The smallest absolute Gasteiger partial charge is 0.264 e. The van der Waals surface area contributed by atoms with E-state index in [-0.39, 0.29) is 10.8 Å². The molecule has 0 aliphatic carbocycles. The van der Waals surface area contributed by atoms with Gasteiger partial charge in [-0.05, 0) is 72.6 Å². The van der Waals surface area contributed by atoms with Crippen molar-refractivity contribution in [3.8, 4) is 0 Å². The lowest BCUT2D eigenvalue weighted by atomic mass is 10.1. The van der Waals surface area contributed by atoms with Crippen molar-refractivity contribution in [1.82, 2.24) is 0 Å². The largest absolute Gasteiger partial charge is 0.322 e. The van der Waals surface area contributed by atoms with E-state index in [2.05, 4.69) is 21.2 Å². The number of hydrogen-bond acceptors (Lipinski definition) is 3. The molecule has 0 fully saturated rings. The first-order chi connectivity index (χ1) is 13.8. The summed E-state index contributed by atoms with van der Waals surface area (Å²) in [4.78, 5) is 12.8. The third-order valence-corrected chi connectivity index (χ3v) is 7.25. The molecule has 0 saturated carbocycles. The van der Waals surface area contributed by atoms with Gasteiger partial charge in [-0.1, -0.05) is 33.6 Å². The van der Waals surface area contributed by atoms with E-state index in [9.17, 15) is 13.2 Å². The average molecular weight is 492 g/mol. The second-order valence-corrected chi connectivity index (χ2v) is 9.80. The van der Waals surface area contributed by atoms with E-state index in [1.165, 1.54) is 16.4 Å². The van der Waals surface area contributed by atoms with Crippen molar-refractivity contribution in [2.24, 2.45) is 0 Å². The molecule has 3 aromatic rings. The van der Waals surface area contributed by atoms with Gasteiger partial charge >= 0.3 is 0 Å². The number of hydrogen-bond donors (Lipinski definition) is 1. The Labute approximate surface area is 182 Å². The molecule has 5 nitrogen and oxygen atoms in total. The number of amides is 1. The van der Waals surface area contributed by atoms with Crippen molar-refractivity contribution in [2.75, 3.05) is 16.2 Å². The van der Waals surface area contributed by atoms with Crippen molar-refractivity contribution in [1.29, 1.82) is 0 Å². The normalized spacial score (nSPS) is 13.2. The highest BCUT2D eigenvalue weighted by Crippen LogP contribution is 2.34. The van der Waals surface area contributed by atoms with Crippen LogP contribution in [0.1, 0.15) is 15.9 Å². The van der Waals surface area contributed by atoms with Crippen molar-refractivity contribution >= 4 is 54.8 Å². The topological polar surface area (TPSA) is 66.5 Å². The molecule has 0 bridgehead atoms. The van der Waals surface area contributed by atoms with Crippen molar-refractivity contribution in [3.63, 3.8) is 0 Å². The number of anilines is 2. The number of benzene rings is 3. The van der Waals surface area contributed by atoms with Crippen molar-refractivity contribution in [3.05, 3.63) is 87.4 Å². The number of carbonyl (C=O) groups is 1. The molecule has 0 aromatic heterocycles. The third kappa shape index (κ3) is 4.03. The Balaban J connectivity index is 1.59. The first-order valence-corrected chi connectivity index (χ1v) is 11.4. The summed E-state index contributed by atoms with van der Waals surface area (Å²) < 4.78 is 28.2. The molecule has 8 heteroatoms. The SMILES string of the molecule is O=C(Nc1cccc(Br)c1)c1ccc2c(c1)CCN2S(=O)(=O)c1ccc(Cl)cc1. The first-order valence-electron chi connectivity index (χ1n) is 8.83. The van der Waals surface area contributed by atoms with Gasteiger partial charge in [-0.2, -0.15) is 0 Å². The molecule has 1 heterocycles. The highest BCUT2D eigenvalue weighted by atomic mass is 79.9. The van der Waals surface area contributed by atoms with Crippen LogP contribution in [0.4, 0.5) is 11.4 Å². The van der Waals surface area contributed by atoms with E-state index in [0.29, 0.717) is 34.9 Å². The Kier molecular flexibility index (Phi) is 5.38. The highest BCUT2D eigenvalue weighted by Gasteiger charge is 2.31. The van der Waals surface area contributed by atoms with Gasteiger partial charge in [0.2, 0.25) is 0 Å². The second kappa shape index (κ2) is 7.82. The number of fused-ring (bicyclic) bond motifs is 1. The fourth-order valence-corrected chi connectivity index (χ4v) is 5.29. The minimum absolute atomic E-state index is 0.186. The molecule has 1 aliphatic rings. The number of sulfonamides is 1. The van der Waals surface area contributed by atoms with E-state index in [0.717, 1.165) is 10.0 Å². The lowest BCUT2D eigenvalue weighted by molar-refractivity contribution is 0.102. The summed E-state index contributed by atoms with van der Waals surface area (Å²) in [6, 6.07) is 18.5. The molecule has 148 valence electrons. The molecule has 0 saturated heterocycles. The lowest BCUT2D eigenvalue weighted by Gasteiger charge is -2.19. The molecular weight excluding hydrogens is 476 g/mol. The van der Waals surface area contributed by atoms with Gasteiger partial charge < -0.3 is 5.32 Å². The Hall–Kier alpha value is -2.35. The molecule has 1 amide bonds. The summed E-state index contributed by atoms with van der Waals surface area (Å²) in [6.07, 6.45) is 0.542. The van der Waals surface area contributed by atoms with E-state index in [1.807, 2.05) is 18.2 Å². The van der Waals surface area contributed by atoms with Crippen molar-refractivity contribution < 1.29 is 13.2 Å². The fraction of sp³-hybridized carbons (Fsp3) is 0.0952. The third-order valence-electron chi connectivity index (χ3n) is 4.68. The summed E-state index contributed by atoms with van der Waals surface area (Å²) in [5, 5.41) is 3.33. The van der Waals surface area contributed by atoms with Crippen LogP contribution in [0.3, 0.4) is 0 Å². The van der Waals surface area contributed by atoms with Crippen LogP contribution >= 0.6 is 27.5 Å². The van der Waals surface area contributed by atoms with Crippen molar-refractivity contribution in [2.45, 2.75) is 11.3 Å². The van der Waals surface area contributed by atoms with Crippen LogP contribution < -0.4 is 9.62 Å². The van der Waals surface area contributed by atoms with E-state index in [1.54, 1.807) is 36.4 Å². The van der Waals surface area contributed by atoms with Crippen LogP contribution in [0.15, 0.2) is 76.1 Å². The second-order valence-electron chi connectivity index (χ2n) is 6.59. The minimum atomic E-state index is -3.69. The molecular formula is C21H16BrClN2O3S. The standard InChI is InChI=1S/C21H16BrClN2O3S/c22-16-2-1-3-18(13-16)24-21(26)15-4-9-20-14(12-15)10-11-25(20)29(27,28)19-7-5-17(23)6-8-19/h1-9,12-13H,10-11H2,(H,24,26). The van der Waals surface area contributed by atoms with Gasteiger partial charge in [0.05, 0.1) is 10.6 Å². The van der Waals surface area contributed by atoms with Gasteiger partial charge in [-0.15, -0.1) is 0 Å². The van der Waals surface area contributed by atoms with Crippen LogP contribution in [-0.2, 0) is 16.4 Å². The highest BCUT2D eigenvalue weighted by molar-refractivity contribution is 9.10. The van der Waals surface area contributed by atoms with Crippen LogP contribution in [-0.4, -0.2) is 20.9 Å². The first kappa shape index (κ1) is 19.9. The number of nitrogens with zero attached hydrogens (tertiary/aromatic N) is 1. The molecule has 1 aliphatic heterocycles. The summed E-state index contributed by atoms with van der Waals surface area (Å²) in [6.45, 7) is 0.330. The zero-order chi connectivity index (χ0) is 20.6. The number of nitrogens with one attached hydrogen (secondary N) is 1. The summed E-state index contributed by atoms with van der Waals surface area (Å²) in [7, 11) is -3.69. The molecule has 1 N–H and O–H groups in total. The van der Waals surface area contributed by atoms with Crippen LogP contribution in [0.5, 0.6) is 0 Å². The number of rotatable bonds is 4. The van der Waals surface area contributed by atoms with Crippen LogP contribution in [0, 0.1) is 0 Å². The number of halogens is 2. The molecule has 0 atom stereocenters. The maximum atomic E-state index is 13.0. The van der Waals surface area contributed by atoms with E-state index in [4.69, 9.17) is 11.6 Å². The zero-order valence-corrected chi connectivity index (χ0v) is 18.3. The molecule has 0 radical (unpaired) electrons. The monoisotopic (exact) mass is 490 g/mol. The van der Waals surface area contributed by atoms with Crippen LogP contribution in [0.25, 0.3) is 0 Å². The molecule has 29 heavy (non-hydrogen) atoms. The summed E-state index contributed by atoms with van der Waals surface area (Å²) in [5.41, 5.74) is 2.58. The quantitative estimate of drug-likeness (QED) is 0.552. The van der Waals surface area contributed by atoms with E-state index < -0.39 is 10.0 Å². The molecule has 0 unspecified atom stereocenters. The van der Waals surface area contributed by atoms with Gasteiger partial charge in [0, 0.05) is 27.3 Å². The zero-order valence-electron chi connectivity index (χ0n) is 15.1. The predicted octanol–water partition coefficient (Wildman–Crippen LogP) is 5.11. The minimum Gasteiger partial charge on any atom is -0.322 e. The average Bonchev–Trinajstić information content (AvgIpc) is 3.12. The number of carbonyl (C=O) groups excluding carboxylic acids is 1. The lowest BCUT2D eigenvalue weighted by Crippen LogP contribution is -2.29.